The highest BCUT2D eigenvalue weighted by Crippen LogP contribution is 2.02. The number of hydrogen-bond acceptors (Lipinski definition) is 3. The largest absolute Gasteiger partial charge is 0.481 e. The Bertz CT molecular complexity index is 507. The molecule has 0 spiro atoms. The SMILES string of the molecule is O=C(O)CCC=C(NC(=O)c1ccccc1)C(=O)O. The molecule has 1 aromatic carbocycles. The van der Waals surface area contributed by atoms with Crippen LogP contribution in [0.2, 0.25) is 0 Å². The minimum atomic E-state index is -1.31. The Morgan fingerprint density at radius 2 is 1.74 bits per heavy atom. The van der Waals surface area contributed by atoms with Crippen LogP contribution >= 0.6 is 0 Å². The summed E-state index contributed by atoms with van der Waals surface area (Å²) in [5.41, 5.74) is 0.00277. The quantitative estimate of drug-likeness (QED) is 0.670. The Labute approximate surface area is 109 Å². The molecule has 0 aliphatic heterocycles. The summed E-state index contributed by atoms with van der Waals surface area (Å²) in [7, 11) is 0. The van der Waals surface area contributed by atoms with Gasteiger partial charge in [0.2, 0.25) is 0 Å². The van der Waals surface area contributed by atoms with Gasteiger partial charge in [-0.05, 0) is 18.6 Å². The third-order valence-electron chi connectivity index (χ3n) is 2.22. The van der Waals surface area contributed by atoms with E-state index in [1.54, 1.807) is 30.3 Å². The molecule has 1 aromatic rings. The van der Waals surface area contributed by atoms with Gasteiger partial charge >= 0.3 is 11.9 Å². The number of benzene rings is 1. The maximum atomic E-state index is 11.7. The molecule has 3 N–H and O–H groups in total. The third-order valence-corrected chi connectivity index (χ3v) is 2.22. The summed E-state index contributed by atoms with van der Waals surface area (Å²) in [6.07, 6.45) is 1.02. The molecule has 0 aromatic heterocycles. The Hall–Kier alpha value is -2.63. The molecule has 0 heterocycles. The van der Waals surface area contributed by atoms with Gasteiger partial charge in [-0.15, -0.1) is 0 Å². The summed E-state index contributed by atoms with van der Waals surface area (Å²) in [6, 6.07) is 8.14. The van der Waals surface area contributed by atoms with Crippen LogP contribution in [0.4, 0.5) is 0 Å². The maximum Gasteiger partial charge on any atom is 0.352 e. The van der Waals surface area contributed by atoms with Gasteiger partial charge < -0.3 is 15.5 Å². The fourth-order valence-corrected chi connectivity index (χ4v) is 1.32. The van der Waals surface area contributed by atoms with Crippen molar-refractivity contribution in [3.8, 4) is 0 Å². The number of carboxylic acids is 2. The van der Waals surface area contributed by atoms with Gasteiger partial charge in [-0.3, -0.25) is 9.59 Å². The van der Waals surface area contributed by atoms with Gasteiger partial charge in [0.15, 0.2) is 0 Å². The van der Waals surface area contributed by atoms with Crippen LogP contribution in [-0.4, -0.2) is 28.1 Å². The summed E-state index contributed by atoms with van der Waals surface area (Å²) in [5.74, 6) is -2.89. The average molecular weight is 263 g/mol. The highest BCUT2D eigenvalue weighted by atomic mass is 16.4. The highest BCUT2D eigenvalue weighted by molar-refractivity contribution is 6.00. The van der Waals surface area contributed by atoms with Crippen LogP contribution in [0.1, 0.15) is 23.2 Å². The lowest BCUT2D eigenvalue weighted by Crippen LogP contribution is -2.27. The van der Waals surface area contributed by atoms with Crippen molar-refractivity contribution in [1.82, 2.24) is 5.32 Å². The number of carbonyl (C=O) groups is 3. The molecular formula is C13H13NO5. The molecule has 1 amide bonds. The number of allylic oxidation sites excluding steroid dienone is 1. The van der Waals surface area contributed by atoms with Gasteiger partial charge in [0.25, 0.3) is 5.91 Å². The van der Waals surface area contributed by atoms with E-state index >= 15 is 0 Å². The van der Waals surface area contributed by atoms with E-state index in [-0.39, 0.29) is 18.5 Å². The fraction of sp³-hybridized carbons (Fsp3) is 0.154. The maximum absolute atomic E-state index is 11.7. The lowest BCUT2D eigenvalue weighted by Gasteiger charge is -2.05. The van der Waals surface area contributed by atoms with Crippen molar-refractivity contribution in [3.05, 3.63) is 47.7 Å². The Morgan fingerprint density at radius 3 is 2.26 bits per heavy atom. The molecule has 19 heavy (non-hydrogen) atoms. The number of carboxylic acid groups (broad SMARTS) is 2. The molecule has 0 unspecified atom stereocenters. The fourth-order valence-electron chi connectivity index (χ4n) is 1.32. The van der Waals surface area contributed by atoms with Gasteiger partial charge in [-0.1, -0.05) is 24.3 Å². The first-order valence-electron chi connectivity index (χ1n) is 5.52. The predicted octanol–water partition coefficient (Wildman–Crippen LogP) is 1.25. The average Bonchev–Trinajstić information content (AvgIpc) is 2.37. The second-order valence-electron chi connectivity index (χ2n) is 3.68. The van der Waals surface area contributed by atoms with Crippen molar-refractivity contribution in [2.45, 2.75) is 12.8 Å². The molecule has 100 valence electrons. The zero-order valence-electron chi connectivity index (χ0n) is 10.00. The van der Waals surface area contributed by atoms with E-state index in [2.05, 4.69) is 5.32 Å². The topological polar surface area (TPSA) is 104 Å². The molecule has 0 atom stereocenters. The van der Waals surface area contributed by atoms with Crippen molar-refractivity contribution < 1.29 is 24.6 Å². The molecule has 0 saturated heterocycles. The molecule has 6 heteroatoms. The molecule has 0 radical (unpaired) electrons. The third kappa shape index (κ3) is 5.03. The Balaban J connectivity index is 2.71. The van der Waals surface area contributed by atoms with E-state index in [0.29, 0.717) is 5.56 Å². The number of nitrogens with one attached hydrogen (secondary N) is 1. The monoisotopic (exact) mass is 263 g/mol. The Morgan fingerprint density at radius 1 is 1.11 bits per heavy atom. The van der Waals surface area contributed by atoms with Crippen molar-refractivity contribution in [1.29, 1.82) is 0 Å². The van der Waals surface area contributed by atoms with E-state index in [4.69, 9.17) is 10.2 Å². The first kappa shape index (κ1) is 14.4. The number of hydrogen-bond donors (Lipinski definition) is 3. The van der Waals surface area contributed by atoms with Crippen molar-refractivity contribution >= 4 is 17.8 Å². The molecular weight excluding hydrogens is 250 g/mol. The number of rotatable bonds is 6. The van der Waals surface area contributed by atoms with Crippen LogP contribution < -0.4 is 5.32 Å². The van der Waals surface area contributed by atoms with Crippen LogP contribution in [0.5, 0.6) is 0 Å². The summed E-state index contributed by atoms with van der Waals surface area (Å²) >= 11 is 0. The molecule has 1 rings (SSSR count). The minimum absolute atomic E-state index is 0.0338. The predicted molar refractivity (Wildman–Crippen MR) is 66.5 cm³/mol. The van der Waals surface area contributed by atoms with E-state index in [1.807, 2.05) is 0 Å². The lowest BCUT2D eigenvalue weighted by atomic mass is 10.2. The van der Waals surface area contributed by atoms with Crippen LogP contribution in [0.25, 0.3) is 0 Å². The van der Waals surface area contributed by atoms with Crippen molar-refractivity contribution in [2.75, 3.05) is 0 Å². The second kappa shape index (κ2) is 6.95. The molecule has 0 saturated carbocycles. The first-order valence-corrected chi connectivity index (χ1v) is 5.52. The zero-order valence-corrected chi connectivity index (χ0v) is 10.00. The lowest BCUT2D eigenvalue weighted by molar-refractivity contribution is -0.137. The standard InChI is InChI=1S/C13H13NO5/c15-11(16)8-4-7-10(13(18)19)14-12(17)9-5-2-1-3-6-9/h1-3,5-7H,4,8H2,(H,14,17)(H,15,16)(H,18,19). The van der Waals surface area contributed by atoms with Crippen LogP contribution in [0, 0.1) is 0 Å². The van der Waals surface area contributed by atoms with Crippen LogP contribution in [-0.2, 0) is 9.59 Å². The smallest absolute Gasteiger partial charge is 0.352 e. The van der Waals surface area contributed by atoms with Gasteiger partial charge in [0.1, 0.15) is 5.70 Å². The van der Waals surface area contributed by atoms with E-state index < -0.39 is 17.8 Å². The first-order chi connectivity index (χ1) is 9.00. The normalized spacial score (nSPS) is 10.8. The second-order valence-corrected chi connectivity index (χ2v) is 3.68. The zero-order chi connectivity index (χ0) is 14.3. The van der Waals surface area contributed by atoms with E-state index in [1.165, 1.54) is 6.08 Å². The summed E-state index contributed by atoms with van der Waals surface area (Å²) in [5, 5.41) is 19.6. The van der Waals surface area contributed by atoms with Gasteiger partial charge in [-0.2, -0.15) is 0 Å². The van der Waals surface area contributed by atoms with Gasteiger partial charge in [-0.25, -0.2) is 4.79 Å². The summed E-state index contributed by atoms with van der Waals surface area (Å²) in [4.78, 5) is 33.0. The van der Waals surface area contributed by atoms with Crippen molar-refractivity contribution in [3.63, 3.8) is 0 Å². The minimum Gasteiger partial charge on any atom is -0.481 e. The van der Waals surface area contributed by atoms with Crippen LogP contribution in [0.3, 0.4) is 0 Å². The number of aliphatic carboxylic acids is 2. The number of amides is 1. The molecule has 0 fully saturated rings. The van der Waals surface area contributed by atoms with Gasteiger partial charge in [0, 0.05) is 12.0 Å². The molecule has 6 nitrogen and oxygen atoms in total. The summed E-state index contributed by atoms with van der Waals surface area (Å²) < 4.78 is 0. The highest BCUT2D eigenvalue weighted by Gasteiger charge is 2.12. The molecule has 0 bridgehead atoms. The Kier molecular flexibility index (Phi) is 5.28. The van der Waals surface area contributed by atoms with Gasteiger partial charge in [0.05, 0.1) is 0 Å². The van der Waals surface area contributed by atoms with E-state index in [0.717, 1.165) is 0 Å². The number of carbonyl (C=O) groups excluding carboxylic acids is 1. The van der Waals surface area contributed by atoms with Crippen LogP contribution in [0.15, 0.2) is 42.1 Å². The molecule has 0 aliphatic rings. The van der Waals surface area contributed by atoms with Crippen molar-refractivity contribution in [2.24, 2.45) is 0 Å². The molecule has 0 aliphatic carbocycles. The summed E-state index contributed by atoms with van der Waals surface area (Å²) in [6.45, 7) is 0. The van der Waals surface area contributed by atoms with E-state index in [9.17, 15) is 14.4 Å².